The number of aliphatic imine (C=N–C) groups is 1. The molecule has 0 unspecified atom stereocenters. The Hall–Kier alpha value is -0.570. The molecule has 0 spiro atoms. The highest BCUT2D eigenvalue weighted by Gasteiger charge is 2.21. The number of hydrogen-bond acceptors (Lipinski definition) is 3. The number of rotatable bonds is 1. The van der Waals surface area contributed by atoms with Crippen molar-refractivity contribution in [3.05, 3.63) is 0 Å². The average molecular weight is 128 g/mol. The normalized spacial score (nSPS) is 19.2. The molecular formula is C6H12N2O. The Morgan fingerprint density at radius 2 is 2.33 bits per heavy atom. The lowest BCUT2D eigenvalue weighted by Gasteiger charge is -2.28. The van der Waals surface area contributed by atoms with Gasteiger partial charge in [-0.3, -0.25) is 4.99 Å². The molecule has 52 valence electrons. The summed E-state index contributed by atoms with van der Waals surface area (Å²) in [6.07, 6.45) is 1.69. The van der Waals surface area contributed by atoms with Crippen molar-refractivity contribution < 1.29 is 5.11 Å². The van der Waals surface area contributed by atoms with Crippen molar-refractivity contribution in [1.82, 2.24) is 4.90 Å². The summed E-state index contributed by atoms with van der Waals surface area (Å²) in [6.45, 7) is 5.15. The van der Waals surface area contributed by atoms with E-state index in [1.54, 1.807) is 20.2 Å². The summed E-state index contributed by atoms with van der Waals surface area (Å²) in [4.78, 5) is 5.78. The van der Waals surface area contributed by atoms with Gasteiger partial charge in [0, 0.05) is 6.54 Å². The van der Waals surface area contributed by atoms with Gasteiger partial charge < -0.3 is 10.0 Å². The minimum absolute atomic E-state index is 0.736. The van der Waals surface area contributed by atoms with Gasteiger partial charge in [0.2, 0.25) is 0 Å². The molecule has 0 bridgehead atoms. The Kier molecular flexibility index (Phi) is 1.45. The van der Waals surface area contributed by atoms with Crippen LogP contribution in [0.3, 0.4) is 0 Å². The molecule has 0 saturated carbocycles. The van der Waals surface area contributed by atoms with E-state index in [4.69, 9.17) is 0 Å². The zero-order chi connectivity index (χ0) is 6.91. The number of nitrogens with zero attached hydrogens (tertiary/aromatic N) is 2. The van der Waals surface area contributed by atoms with Crippen LogP contribution in [0, 0.1) is 0 Å². The van der Waals surface area contributed by atoms with Crippen molar-refractivity contribution in [1.29, 1.82) is 0 Å². The molecule has 0 amide bonds. The molecule has 1 aliphatic heterocycles. The summed E-state index contributed by atoms with van der Waals surface area (Å²) < 4.78 is 0. The first-order valence-electron chi connectivity index (χ1n) is 3.10. The Balaban J connectivity index is 2.53. The van der Waals surface area contributed by atoms with Gasteiger partial charge in [-0.15, -0.1) is 0 Å². The van der Waals surface area contributed by atoms with Crippen LogP contribution in [-0.2, 0) is 0 Å². The van der Waals surface area contributed by atoms with Gasteiger partial charge in [-0.25, -0.2) is 0 Å². The lowest BCUT2D eigenvalue weighted by molar-refractivity contribution is -0.0271. The van der Waals surface area contributed by atoms with E-state index in [0.717, 1.165) is 13.1 Å². The second-order valence-electron chi connectivity index (χ2n) is 2.71. The van der Waals surface area contributed by atoms with Crippen LogP contribution < -0.4 is 0 Å². The average Bonchev–Trinajstić information content (AvgIpc) is 2.08. The predicted molar refractivity (Wildman–Crippen MR) is 36.4 cm³/mol. The zero-order valence-electron chi connectivity index (χ0n) is 5.83. The van der Waals surface area contributed by atoms with Crippen LogP contribution in [0.1, 0.15) is 13.8 Å². The highest BCUT2D eigenvalue weighted by atomic mass is 16.3. The van der Waals surface area contributed by atoms with Crippen molar-refractivity contribution in [3.8, 4) is 0 Å². The van der Waals surface area contributed by atoms with Gasteiger partial charge in [0.05, 0.1) is 12.9 Å². The maximum atomic E-state index is 9.35. The van der Waals surface area contributed by atoms with E-state index in [1.165, 1.54) is 0 Å². The smallest absolute Gasteiger partial charge is 0.132 e. The lowest BCUT2D eigenvalue weighted by Crippen LogP contribution is -2.41. The Morgan fingerprint density at radius 1 is 1.67 bits per heavy atom. The van der Waals surface area contributed by atoms with E-state index in [0.29, 0.717) is 0 Å². The molecule has 0 saturated heterocycles. The van der Waals surface area contributed by atoms with E-state index in [-0.39, 0.29) is 0 Å². The molecule has 0 atom stereocenters. The van der Waals surface area contributed by atoms with Crippen LogP contribution >= 0.6 is 0 Å². The number of hydrogen-bond donors (Lipinski definition) is 1. The van der Waals surface area contributed by atoms with Crippen LogP contribution in [0.2, 0.25) is 0 Å². The largest absolute Gasteiger partial charge is 0.371 e. The van der Waals surface area contributed by atoms with Gasteiger partial charge >= 0.3 is 0 Å². The second-order valence-corrected chi connectivity index (χ2v) is 2.71. The van der Waals surface area contributed by atoms with Gasteiger partial charge in [0.1, 0.15) is 5.72 Å². The fraction of sp³-hybridized carbons (Fsp3) is 0.833. The van der Waals surface area contributed by atoms with Crippen LogP contribution in [-0.4, -0.2) is 35.2 Å². The quantitative estimate of drug-likeness (QED) is 0.542. The second kappa shape index (κ2) is 1.99. The molecule has 3 nitrogen and oxygen atoms in total. The molecule has 9 heavy (non-hydrogen) atoms. The van der Waals surface area contributed by atoms with Crippen molar-refractivity contribution >= 4 is 6.34 Å². The van der Waals surface area contributed by atoms with Crippen molar-refractivity contribution in [2.24, 2.45) is 4.99 Å². The molecule has 1 aliphatic rings. The third kappa shape index (κ3) is 1.42. The Morgan fingerprint density at radius 3 is 2.56 bits per heavy atom. The van der Waals surface area contributed by atoms with Crippen LogP contribution in [0.25, 0.3) is 0 Å². The van der Waals surface area contributed by atoms with Crippen LogP contribution in [0.5, 0.6) is 0 Å². The third-order valence-electron chi connectivity index (χ3n) is 1.39. The first-order chi connectivity index (χ1) is 4.11. The highest BCUT2D eigenvalue weighted by molar-refractivity contribution is 5.57. The molecule has 1 rings (SSSR count). The molecule has 0 aromatic heterocycles. The standard InChI is InChI=1S/C6H12N2O/c1-6(2,9)8-4-3-7-5-8/h5,9H,3-4H2,1-2H3. The fourth-order valence-corrected chi connectivity index (χ4v) is 0.794. The van der Waals surface area contributed by atoms with Gasteiger partial charge in [-0.2, -0.15) is 0 Å². The summed E-state index contributed by atoms with van der Waals surface area (Å²) in [7, 11) is 0. The maximum Gasteiger partial charge on any atom is 0.132 e. The van der Waals surface area contributed by atoms with E-state index in [9.17, 15) is 5.11 Å². The van der Waals surface area contributed by atoms with Gasteiger partial charge in [0.15, 0.2) is 0 Å². The summed E-state index contributed by atoms with van der Waals surface area (Å²) in [5, 5.41) is 9.35. The monoisotopic (exact) mass is 128 g/mol. The topological polar surface area (TPSA) is 35.8 Å². The predicted octanol–water partition coefficient (Wildman–Crippen LogP) is 0.0587. The van der Waals surface area contributed by atoms with Gasteiger partial charge in [-0.05, 0) is 13.8 Å². The summed E-state index contributed by atoms with van der Waals surface area (Å²) in [5.41, 5.74) is -0.736. The van der Waals surface area contributed by atoms with Crippen LogP contribution in [0.15, 0.2) is 4.99 Å². The molecule has 1 N–H and O–H groups in total. The molecule has 0 aliphatic carbocycles. The van der Waals surface area contributed by atoms with Gasteiger partial charge in [-0.1, -0.05) is 0 Å². The molecule has 0 fully saturated rings. The molecule has 3 heteroatoms. The first kappa shape index (κ1) is 6.55. The Bertz CT molecular complexity index is 126. The Labute approximate surface area is 55.0 Å². The maximum absolute atomic E-state index is 9.35. The van der Waals surface area contributed by atoms with Crippen molar-refractivity contribution in [3.63, 3.8) is 0 Å². The minimum atomic E-state index is -0.736. The first-order valence-corrected chi connectivity index (χ1v) is 3.10. The SMILES string of the molecule is CC(C)(O)N1C=NCC1. The van der Waals surface area contributed by atoms with Crippen molar-refractivity contribution in [2.45, 2.75) is 19.6 Å². The molecule has 0 radical (unpaired) electrons. The molecule has 0 aromatic rings. The minimum Gasteiger partial charge on any atom is -0.371 e. The third-order valence-corrected chi connectivity index (χ3v) is 1.39. The summed E-state index contributed by atoms with van der Waals surface area (Å²) in [6, 6.07) is 0. The van der Waals surface area contributed by atoms with Crippen molar-refractivity contribution in [2.75, 3.05) is 13.1 Å². The van der Waals surface area contributed by atoms with E-state index < -0.39 is 5.72 Å². The lowest BCUT2D eigenvalue weighted by atomic mass is 10.3. The zero-order valence-corrected chi connectivity index (χ0v) is 5.83. The fourth-order valence-electron chi connectivity index (χ4n) is 0.794. The summed E-state index contributed by atoms with van der Waals surface area (Å²) in [5.74, 6) is 0. The van der Waals surface area contributed by atoms with Crippen LogP contribution in [0.4, 0.5) is 0 Å². The molecule has 0 aromatic carbocycles. The summed E-state index contributed by atoms with van der Waals surface area (Å²) >= 11 is 0. The van der Waals surface area contributed by atoms with E-state index >= 15 is 0 Å². The highest BCUT2D eigenvalue weighted by Crippen LogP contribution is 2.09. The van der Waals surface area contributed by atoms with Gasteiger partial charge in [0.25, 0.3) is 0 Å². The number of aliphatic hydroxyl groups is 1. The van der Waals surface area contributed by atoms with E-state index in [1.807, 2.05) is 4.90 Å². The van der Waals surface area contributed by atoms with E-state index in [2.05, 4.69) is 4.99 Å². The molecular weight excluding hydrogens is 116 g/mol. The molecule has 1 heterocycles.